The molecular formula is C17H26N2O3. The summed E-state index contributed by atoms with van der Waals surface area (Å²) >= 11 is 0. The standard InChI is InChI=1S/C17H26N2O3/c1-13-11-15(8-10-22-13)12-19-17(20)18-9-7-14-3-5-16(21-2)6-4-14/h3-6,13,15H,7-12H2,1-2H3,(H2,18,19,20)/t13-,15+/m1/s1. The van der Waals surface area contributed by atoms with Crippen LogP contribution in [0.4, 0.5) is 4.79 Å². The van der Waals surface area contributed by atoms with E-state index in [9.17, 15) is 4.79 Å². The van der Waals surface area contributed by atoms with E-state index in [0.29, 0.717) is 18.6 Å². The molecule has 1 aliphatic heterocycles. The van der Waals surface area contributed by atoms with Crippen molar-refractivity contribution >= 4 is 6.03 Å². The summed E-state index contributed by atoms with van der Waals surface area (Å²) in [7, 11) is 1.65. The van der Waals surface area contributed by atoms with Crippen LogP contribution in [0.25, 0.3) is 0 Å². The molecule has 0 bridgehead atoms. The second-order valence-electron chi connectivity index (χ2n) is 5.81. The Balaban J connectivity index is 1.60. The molecule has 2 N–H and O–H groups in total. The lowest BCUT2D eigenvalue weighted by Gasteiger charge is -2.27. The maximum atomic E-state index is 11.8. The van der Waals surface area contributed by atoms with Crippen molar-refractivity contribution < 1.29 is 14.3 Å². The summed E-state index contributed by atoms with van der Waals surface area (Å²) in [6, 6.07) is 7.81. The number of hydrogen-bond donors (Lipinski definition) is 2. The number of rotatable bonds is 6. The Hall–Kier alpha value is -1.75. The van der Waals surface area contributed by atoms with Gasteiger partial charge < -0.3 is 20.1 Å². The predicted octanol–water partition coefficient (Wildman–Crippen LogP) is 2.35. The molecule has 2 atom stereocenters. The normalized spacial score (nSPS) is 21.2. The van der Waals surface area contributed by atoms with Gasteiger partial charge in [-0.25, -0.2) is 4.79 Å². The smallest absolute Gasteiger partial charge is 0.314 e. The van der Waals surface area contributed by atoms with Gasteiger partial charge in [0, 0.05) is 19.7 Å². The first kappa shape index (κ1) is 16.6. The summed E-state index contributed by atoms with van der Waals surface area (Å²) < 4.78 is 10.6. The van der Waals surface area contributed by atoms with Gasteiger partial charge in [-0.15, -0.1) is 0 Å². The van der Waals surface area contributed by atoms with Crippen LogP contribution in [0.3, 0.4) is 0 Å². The van der Waals surface area contributed by atoms with E-state index in [2.05, 4.69) is 17.6 Å². The number of carbonyl (C=O) groups excluding carboxylic acids is 1. The third-order valence-electron chi connectivity index (χ3n) is 4.00. The second-order valence-corrected chi connectivity index (χ2v) is 5.81. The number of benzene rings is 1. The van der Waals surface area contributed by atoms with Crippen molar-refractivity contribution in [3.05, 3.63) is 29.8 Å². The highest BCUT2D eigenvalue weighted by Crippen LogP contribution is 2.18. The van der Waals surface area contributed by atoms with Crippen LogP contribution in [0.5, 0.6) is 5.75 Å². The average Bonchev–Trinajstić information content (AvgIpc) is 2.54. The highest BCUT2D eigenvalue weighted by molar-refractivity contribution is 5.73. The summed E-state index contributed by atoms with van der Waals surface area (Å²) in [4.78, 5) is 11.8. The number of nitrogens with one attached hydrogen (secondary N) is 2. The third kappa shape index (κ3) is 5.56. The van der Waals surface area contributed by atoms with Crippen LogP contribution < -0.4 is 15.4 Å². The van der Waals surface area contributed by atoms with Gasteiger partial charge in [0.2, 0.25) is 0 Å². The lowest BCUT2D eigenvalue weighted by atomic mass is 9.96. The molecule has 22 heavy (non-hydrogen) atoms. The van der Waals surface area contributed by atoms with Crippen molar-refractivity contribution in [2.75, 3.05) is 26.8 Å². The lowest BCUT2D eigenvalue weighted by molar-refractivity contribution is 0.00346. The predicted molar refractivity (Wildman–Crippen MR) is 86.2 cm³/mol. The molecule has 0 unspecified atom stereocenters. The van der Waals surface area contributed by atoms with Gasteiger partial charge in [0.05, 0.1) is 13.2 Å². The van der Waals surface area contributed by atoms with Crippen LogP contribution in [0, 0.1) is 5.92 Å². The largest absolute Gasteiger partial charge is 0.497 e. The molecule has 0 aliphatic carbocycles. The fraction of sp³-hybridized carbons (Fsp3) is 0.588. The molecule has 0 spiro atoms. The van der Waals surface area contributed by atoms with Crippen LogP contribution in [-0.2, 0) is 11.2 Å². The summed E-state index contributed by atoms with van der Waals surface area (Å²) in [6.07, 6.45) is 3.16. The first-order chi connectivity index (χ1) is 10.7. The Morgan fingerprint density at radius 1 is 1.32 bits per heavy atom. The SMILES string of the molecule is COc1ccc(CCNC(=O)NC[C@H]2CCO[C@H](C)C2)cc1. The molecule has 1 aromatic carbocycles. The molecule has 0 aromatic heterocycles. The molecule has 1 aliphatic rings. The Kier molecular flexibility index (Phi) is 6.52. The number of carbonyl (C=O) groups is 1. The quantitative estimate of drug-likeness (QED) is 0.848. The van der Waals surface area contributed by atoms with E-state index >= 15 is 0 Å². The fourth-order valence-electron chi connectivity index (χ4n) is 2.69. The minimum atomic E-state index is -0.0901. The van der Waals surface area contributed by atoms with Crippen molar-refractivity contribution in [1.82, 2.24) is 10.6 Å². The fourth-order valence-corrected chi connectivity index (χ4v) is 2.69. The van der Waals surface area contributed by atoms with Crippen LogP contribution >= 0.6 is 0 Å². The number of methoxy groups -OCH3 is 1. The average molecular weight is 306 g/mol. The molecule has 2 rings (SSSR count). The molecule has 1 fully saturated rings. The molecule has 0 saturated carbocycles. The van der Waals surface area contributed by atoms with E-state index in [1.165, 1.54) is 5.56 Å². The molecule has 122 valence electrons. The Morgan fingerprint density at radius 2 is 2.09 bits per heavy atom. The maximum absolute atomic E-state index is 11.8. The van der Waals surface area contributed by atoms with Crippen molar-refractivity contribution in [2.45, 2.75) is 32.3 Å². The zero-order chi connectivity index (χ0) is 15.8. The van der Waals surface area contributed by atoms with Gasteiger partial charge >= 0.3 is 6.03 Å². The van der Waals surface area contributed by atoms with Gasteiger partial charge in [-0.3, -0.25) is 0 Å². The van der Waals surface area contributed by atoms with Gasteiger partial charge in [-0.05, 0) is 49.8 Å². The number of hydrogen-bond acceptors (Lipinski definition) is 3. The second kappa shape index (κ2) is 8.63. The molecule has 1 saturated heterocycles. The molecule has 5 heteroatoms. The molecule has 1 aromatic rings. The van der Waals surface area contributed by atoms with Gasteiger partial charge in [0.1, 0.15) is 5.75 Å². The number of urea groups is 1. The monoisotopic (exact) mass is 306 g/mol. The summed E-state index contributed by atoms with van der Waals surface area (Å²) in [6.45, 7) is 4.23. The Morgan fingerprint density at radius 3 is 2.77 bits per heavy atom. The van der Waals surface area contributed by atoms with E-state index in [1.54, 1.807) is 7.11 Å². The van der Waals surface area contributed by atoms with Gasteiger partial charge in [-0.1, -0.05) is 12.1 Å². The number of ether oxygens (including phenoxy) is 2. The molecule has 0 radical (unpaired) electrons. The Labute approximate surface area is 132 Å². The topological polar surface area (TPSA) is 59.6 Å². The summed E-state index contributed by atoms with van der Waals surface area (Å²) in [5.41, 5.74) is 1.18. The highest BCUT2D eigenvalue weighted by atomic mass is 16.5. The first-order valence-electron chi connectivity index (χ1n) is 7.93. The summed E-state index contributed by atoms with van der Waals surface area (Å²) in [5.74, 6) is 1.37. The van der Waals surface area contributed by atoms with Crippen molar-refractivity contribution in [3.8, 4) is 5.75 Å². The van der Waals surface area contributed by atoms with E-state index in [0.717, 1.165) is 38.2 Å². The zero-order valence-electron chi connectivity index (χ0n) is 13.4. The highest BCUT2D eigenvalue weighted by Gasteiger charge is 2.19. The Bertz CT molecular complexity index is 461. The van der Waals surface area contributed by atoms with Crippen LogP contribution in [0.15, 0.2) is 24.3 Å². The van der Waals surface area contributed by atoms with Gasteiger partial charge in [-0.2, -0.15) is 0 Å². The van der Waals surface area contributed by atoms with Crippen LogP contribution in [-0.4, -0.2) is 38.9 Å². The lowest BCUT2D eigenvalue weighted by Crippen LogP contribution is -2.40. The molecule has 1 heterocycles. The van der Waals surface area contributed by atoms with Crippen molar-refractivity contribution in [2.24, 2.45) is 5.92 Å². The van der Waals surface area contributed by atoms with Gasteiger partial charge in [0.15, 0.2) is 0 Å². The molecular weight excluding hydrogens is 280 g/mol. The van der Waals surface area contributed by atoms with E-state index in [4.69, 9.17) is 9.47 Å². The van der Waals surface area contributed by atoms with E-state index < -0.39 is 0 Å². The maximum Gasteiger partial charge on any atom is 0.314 e. The van der Waals surface area contributed by atoms with E-state index in [1.807, 2.05) is 24.3 Å². The van der Waals surface area contributed by atoms with Crippen LogP contribution in [0.2, 0.25) is 0 Å². The van der Waals surface area contributed by atoms with Gasteiger partial charge in [0.25, 0.3) is 0 Å². The van der Waals surface area contributed by atoms with Crippen molar-refractivity contribution in [1.29, 1.82) is 0 Å². The third-order valence-corrected chi connectivity index (χ3v) is 4.00. The van der Waals surface area contributed by atoms with Crippen LogP contribution in [0.1, 0.15) is 25.3 Å². The van der Waals surface area contributed by atoms with Crippen molar-refractivity contribution in [3.63, 3.8) is 0 Å². The first-order valence-corrected chi connectivity index (χ1v) is 7.93. The van der Waals surface area contributed by atoms with E-state index in [-0.39, 0.29) is 6.03 Å². The molecule has 2 amide bonds. The summed E-state index contributed by atoms with van der Waals surface area (Å²) in [5, 5.41) is 5.85. The minimum absolute atomic E-state index is 0.0901. The number of amides is 2. The zero-order valence-corrected chi connectivity index (χ0v) is 13.4. The minimum Gasteiger partial charge on any atom is -0.497 e. The molecule has 5 nitrogen and oxygen atoms in total.